The topological polar surface area (TPSA) is 54.5 Å². The zero-order valence-corrected chi connectivity index (χ0v) is 12.0. The van der Waals surface area contributed by atoms with Crippen LogP contribution < -0.4 is 0 Å². The summed E-state index contributed by atoms with van der Waals surface area (Å²) in [6, 6.07) is 5.82. The number of amides is 1. The molecule has 0 aromatic heterocycles. The van der Waals surface area contributed by atoms with Crippen molar-refractivity contribution in [2.75, 3.05) is 13.1 Å². The van der Waals surface area contributed by atoms with Crippen LogP contribution in [0.1, 0.15) is 23.7 Å². The highest BCUT2D eigenvalue weighted by Gasteiger charge is 2.23. The minimum atomic E-state index is -3.97. The highest BCUT2D eigenvalue weighted by molar-refractivity contribution is 8.13. The second-order valence-corrected chi connectivity index (χ2v) is 6.40. The maximum Gasteiger partial charge on any atom is 0.262 e. The standard InChI is InChI=1S/C13H14ClNO3S/c1-3-9-15(10-4-2)13(16)11-7-5-6-8-12(11)19(14,17)18/h1,5-8H,4,9-10H2,2H3. The third kappa shape index (κ3) is 3.98. The summed E-state index contributed by atoms with van der Waals surface area (Å²) in [5, 5.41) is 0. The van der Waals surface area contributed by atoms with Crippen LogP contribution in [0.4, 0.5) is 0 Å². The van der Waals surface area contributed by atoms with Gasteiger partial charge in [0.1, 0.15) is 0 Å². The summed E-state index contributed by atoms with van der Waals surface area (Å²) in [6.07, 6.45) is 5.94. The van der Waals surface area contributed by atoms with Crippen molar-refractivity contribution in [2.45, 2.75) is 18.2 Å². The second-order valence-electron chi connectivity index (χ2n) is 3.86. The molecule has 0 spiro atoms. The molecule has 1 amide bonds. The van der Waals surface area contributed by atoms with Gasteiger partial charge >= 0.3 is 0 Å². The molecule has 0 atom stereocenters. The Morgan fingerprint density at radius 1 is 1.42 bits per heavy atom. The van der Waals surface area contributed by atoms with Gasteiger partial charge in [-0.05, 0) is 18.6 Å². The van der Waals surface area contributed by atoms with E-state index in [2.05, 4.69) is 5.92 Å². The van der Waals surface area contributed by atoms with Crippen LogP contribution in [-0.4, -0.2) is 32.3 Å². The summed E-state index contributed by atoms with van der Waals surface area (Å²) in [6.45, 7) is 2.49. The molecule has 0 fully saturated rings. The summed E-state index contributed by atoms with van der Waals surface area (Å²) in [4.78, 5) is 13.5. The Hall–Kier alpha value is -1.51. The predicted molar refractivity (Wildman–Crippen MR) is 74.5 cm³/mol. The summed E-state index contributed by atoms with van der Waals surface area (Å²) >= 11 is 0. The summed E-state index contributed by atoms with van der Waals surface area (Å²) in [5.74, 6) is 1.95. The van der Waals surface area contributed by atoms with E-state index >= 15 is 0 Å². The van der Waals surface area contributed by atoms with E-state index < -0.39 is 15.0 Å². The molecule has 0 bridgehead atoms. The molecule has 0 unspecified atom stereocenters. The first-order valence-electron chi connectivity index (χ1n) is 5.68. The third-order valence-corrected chi connectivity index (χ3v) is 3.82. The van der Waals surface area contributed by atoms with Gasteiger partial charge < -0.3 is 4.90 Å². The van der Waals surface area contributed by atoms with Crippen LogP contribution in [0.15, 0.2) is 29.2 Å². The fourth-order valence-corrected chi connectivity index (χ4v) is 2.72. The molecular formula is C13H14ClNO3S. The molecule has 0 radical (unpaired) electrons. The Morgan fingerprint density at radius 2 is 2.05 bits per heavy atom. The van der Waals surface area contributed by atoms with Crippen LogP contribution in [0.5, 0.6) is 0 Å². The number of benzene rings is 1. The SMILES string of the molecule is C#CCN(CCC)C(=O)c1ccccc1S(=O)(=O)Cl. The minimum Gasteiger partial charge on any atom is -0.327 e. The maximum atomic E-state index is 12.3. The van der Waals surface area contributed by atoms with Gasteiger partial charge in [-0.25, -0.2) is 8.42 Å². The van der Waals surface area contributed by atoms with Crippen molar-refractivity contribution in [3.8, 4) is 12.3 Å². The Morgan fingerprint density at radius 3 is 2.58 bits per heavy atom. The van der Waals surface area contributed by atoms with E-state index in [-0.39, 0.29) is 17.0 Å². The quantitative estimate of drug-likeness (QED) is 0.618. The van der Waals surface area contributed by atoms with E-state index in [0.717, 1.165) is 6.42 Å². The number of carbonyl (C=O) groups is 1. The Bertz CT molecular complexity index is 605. The molecule has 0 saturated heterocycles. The van der Waals surface area contributed by atoms with E-state index in [1.54, 1.807) is 6.07 Å². The van der Waals surface area contributed by atoms with Gasteiger partial charge in [0.15, 0.2) is 0 Å². The molecule has 0 saturated carbocycles. The first-order chi connectivity index (χ1) is 8.91. The molecule has 1 aromatic carbocycles. The molecule has 19 heavy (non-hydrogen) atoms. The zero-order valence-electron chi connectivity index (χ0n) is 10.5. The molecule has 0 heterocycles. The molecule has 4 nitrogen and oxygen atoms in total. The lowest BCUT2D eigenvalue weighted by molar-refractivity contribution is 0.0773. The Kier molecular flexibility index (Phi) is 5.40. The number of halogens is 1. The number of nitrogens with zero attached hydrogens (tertiary/aromatic N) is 1. The lowest BCUT2D eigenvalue weighted by Crippen LogP contribution is -2.32. The van der Waals surface area contributed by atoms with Crippen molar-refractivity contribution in [3.05, 3.63) is 29.8 Å². The molecule has 1 rings (SSSR count). The third-order valence-electron chi connectivity index (χ3n) is 2.44. The maximum absolute atomic E-state index is 12.3. The molecule has 102 valence electrons. The minimum absolute atomic E-state index is 0.0428. The molecular weight excluding hydrogens is 286 g/mol. The molecule has 0 aliphatic carbocycles. The van der Waals surface area contributed by atoms with Crippen LogP contribution >= 0.6 is 10.7 Å². The van der Waals surface area contributed by atoms with E-state index in [0.29, 0.717) is 6.54 Å². The molecule has 0 aliphatic rings. The fourth-order valence-electron chi connectivity index (χ4n) is 1.66. The van der Waals surface area contributed by atoms with E-state index in [9.17, 15) is 13.2 Å². The summed E-state index contributed by atoms with van der Waals surface area (Å²) < 4.78 is 22.9. The van der Waals surface area contributed by atoms with E-state index in [4.69, 9.17) is 17.1 Å². The zero-order chi connectivity index (χ0) is 14.5. The van der Waals surface area contributed by atoms with Gasteiger partial charge in [-0.2, -0.15) is 0 Å². The van der Waals surface area contributed by atoms with E-state index in [1.165, 1.54) is 23.1 Å². The number of hydrogen-bond acceptors (Lipinski definition) is 3. The highest BCUT2D eigenvalue weighted by Crippen LogP contribution is 2.21. The van der Waals surface area contributed by atoms with Crippen molar-refractivity contribution in [1.82, 2.24) is 4.90 Å². The Labute approximate surface area is 117 Å². The van der Waals surface area contributed by atoms with Gasteiger partial charge in [0.2, 0.25) is 0 Å². The average Bonchev–Trinajstić information content (AvgIpc) is 2.37. The molecule has 0 aliphatic heterocycles. The number of carbonyl (C=O) groups excluding carboxylic acids is 1. The molecule has 0 N–H and O–H groups in total. The van der Waals surface area contributed by atoms with Crippen molar-refractivity contribution in [1.29, 1.82) is 0 Å². The van der Waals surface area contributed by atoms with Crippen LogP contribution in [0.3, 0.4) is 0 Å². The second kappa shape index (κ2) is 6.60. The van der Waals surface area contributed by atoms with Crippen LogP contribution in [0.2, 0.25) is 0 Å². The van der Waals surface area contributed by atoms with Gasteiger partial charge in [-0.1, -0.05) is 25.0 Å². The number of hydrogen-bond donors (Lipinski definition) is 0. The van der Waals surface area contributed by atoms with Gasteiger partial charge in [-0.3, -0.25) is 4.79 Å². The van der Waals surface area contributed by atoms with Crippen LogP contribution in [0, 0.1) is 12.3 Å². The normalized spacial score (nSPS) is 10.8. The van der Waals surface area contributed by atoms with Crippen LogP contribution in [-0.2, 0) is 9.05 Å². The largest absolute Gasteiger partial charge is 0.327 e. The number of rotatable bonds is 5. The van der Waals surface area contributed by atoms with Gasteiger partial charge in [-0.15, -0.1) is 6.42 Å². The number of terminal acetylenes is 1. The van der Waals surface area contributed by atoms with Gasteiger partial charge in [0, 0.05) is 17.2 Å². The van der Waals surface area contributed by atoms with Crippen molar-refractivity contribution in [2.24, 2.45) is 0 Å². The lowest BCUT2D eigenvalue weighted by Gasteiger charge is -2.20. The average molecular weight is 300 g/mol. The van der Waals surface area contributed by atoms with E-state index in [1.807, 2.05) is 6.92 Å². The molecule has 6 heteroatoms. The highest BCUT2D eigenvalue weighted by atomic mass is 35.7. The first kappa shape index (κ1) is 15.5. The van der Waals surface area contributed by atoms with Crippen molar-refractivity contribution < 1.29 is 13.2 Å². The lowest BCUT2D eigenvalue weighted by atomic mass is 10.2. The van der Waals surface area contributed by atoms with Crippen molar-refractivity contribution in [3.63, 3.8) is 0 Å². The van der Waals surface area contributed by atoms with Crippen molar-refractivity contribution >= 4 is 25.6 Å². The summed E-state index contributed by atoms with van der Waals surface area (Å²) in [7, 11) is 1.36. The van der Waals surface area contributed by atoms with Crippen LogP contribution in [0.25, 0.3) is 0 Å². The molecule has 1 aromatic rings. The van der Waals surface area contributed by atoms with Gasteiger partial charge in [0.25, 0.3) is 15.0 Å². The predicted octanol–water partition coefficient (Wildman–Crippen LogP) is 2.10. The first-order valence-corrected chi connectivity index (χ1v) is 7.99. The Balaban J connectivity index is 3.23. The smallest absolute Gasteiger partial charge is 0.262 e. The monoisotopic (exact) mass is 299 g/mol. The fraction of sp³-hybridized carbons (Fsp3) is 0.308. The summed E-state index contributed by atoms with van der Waals surface area (Å²) in [5.41, 5.74) is 0.0428. The van der Waals surface area contributed by atoms with Gasteiger partial charge in [0.05, 0.1) is 17.0 Å².